The second kappa shape index (κ2) is 10.1. The molecule has 1 heterocycles. The first kappa shape index (κ1) is 24.1. The highest BCUT2D eigenvalue weighted by Gasteiger charge is 2.21. The van der Waals surface area contributed by atoms with Gasteiger partial charge in [0, 0.05) is 18.2 Å². The van der Waals surface area contributed by atoms with Crippen LogP contribution in [0.2, 0.25) is 0 Å². The molecule has 1 amide bonds. The number of methoxy groups -OCH3 is 1. The SMILES string of the molecule is COC(=O)c1cc(CNC(=O)c2ccccc2C)cc(NS(=O)(=O)c2ccc3c(c2)OCCO3)c1. The van der Waals surface area contributed by atoms with Crippen LogP contribution in [0.5, 0.6) is 11.5 Å². The number of anilines is 1. The standard InChI is InChI=1S/C25H24N2O7S/c1-16-5-3-4-6-21(16)24(28)26-15-17-11-18(25(29)32-2)13-19(12-17)27-35(30,31)20-7-8-22-23(14-20)34-10-9-33-22/h3-8,11-14,27H,9-10,15H2,1-2H3,(H,26,28). The number of ether oxygens (including phenoxy) is 3. The van der Waals surface area contributed by atoms with Crippen LogP contribution >= 0.6 is 0 Å². The molecule has 4 rings (SSSR count). The third-order valence-electron chi connectivity index (χ3n) is 5.33. The predicted octanol–water partition coefficient (Wildman–Crippen LogP) is 3.28. The summed E-state index contributed by atoms with van der Waals surface area (Å²) in [6, 6.07) is 15.9. The Kier molecular flexibility index (Phi) is 6.92. The number of aryl methyl sites for hydroxylation is 1. The van der Waals surface area contributed by atoms with Crippen LogP contribution in [0.3, 0.4) is 0 Å². The molecule has 0 atom stereocenters. The molecule has 2 N–H and O–H groups in total. The summed E-state index contributed by atoms with van der Waals surface area (Å²) in [5, 5.41) is 2.80. The van der Waals surface area contributed by atoms with Crippen LogP contribution in [0.1, 0.15) is 31.8 Å². The highest BCUT2D eigenvalue weighted by molar-refractivity contribution is 7.92. The van der Waals surface area contributed by atoms with Crippen molar-refractivity contribution in [1.29, 1.82) is 0 Å². The predicted molar refractivity (Wildman–Crippen MR) is 128 cm³/mol. The van der Waals surface area contributed by atoms with E-state index in [1.165, 1.54) is 37.4 Å². The van der Waals surface area contributed by atoms with Gasteiger partial charge in [-0.25, -0.2) is 13.2 Å². The molecule has 1 aliphatic rings. The summed E-state index contributed by atoms with van der Waals surface area (Å²) >= 11 is 0. The van der Waals surface area contributed by atoms with Gasteiger partial charge in [0.2, 0.25) is 0 Å². The first-order valence-corrected chi connectivity index (χ1v) is 12.2. The number of fused-ring (bicyclic) bond motifs is 1. The summed E-state index contributed by atoms with van der Waals surface area (Å²) in [5.74, 6) is -0.126. The molecule has 0 aromatic heterocycles. The van der Waals surface area contributed by atoms with E-state index in [1.807, 2.05) is 19.1 Å². The largest absolute Gasteiger partial charge is 0.486 e. The fourth-order valence-corrected chi connectivity index (χ4v) is 4.65. The maximum absolute atomic E-state index is 13.0. The lowest BCUT2D eigenvalue weighted by Crippen LogP contribution is -2.24. The molecule has 0 saturated carbocycles. The summed E-state index contributed by atoms with van der Waals surface area (Å²) in [7, 11) is -2.79. The van der Waals surface area contributed by atoms with Crippen LogP contribution in [0.25, 0.3) is 0 Å². The molecule has 3 aromatic carbocycles. The van der Waals surface area contributed by atoms with E-state index in [0.29, 0.717) is 35.8 Å². The first-order valence-electron chi connectivity index (χ1n) is 10.8. The summed E-state index contributed by atoms with van der Waals surface area (Å²) in [6.45, 7) is 2.61. The van der Waals surface area contributed by atoms with Gasteiger partial charge in [-0.1, -0.05) is 18.2 Å². The summed E-state index contributed by atoms with van der Waals surface area (Å²) in [5.41, 5.74) is 2.13. The van der Waals surface area contributed by atoms with Crippen molar-refractivity contribution in [2.24, 2.45) is 0 Å². The maximum Gasteiger partial charge on any atom is 0.337 e. The van der Waals surface area contributed by atoms with E-state index in [0.717, 1.165) is 5.56 Å². The fourth-order valence-electron chi connectivity index (χ4n) is 3.60. The van der Waals surface area contributed by atoms with Crippen molar-refractivity contribution in [3.63, 3.8) is 0 Å². The van der Waals surface area contributed by atoms with Crippen molar-refractivity contribution in [1.82, 2.24) is 5.32 Å². The Morgan fingerprint density at radius 1 is 0.971 bits per heavy atom. The zero-order chi connectivity index (χ0) is 25.0. The highest BCUT2D eigenvalue weighted by atomic mass is 32.2. The molecule has 0 unspecified atom stereocenters. The number of hydrogen-bond donors (Lipinski definition) is 2. The third-order valence-corrected chi connectivity index (χ3v) is 6.71. The molecular weight excluding hydrogens is 472 g/mol. The lowest BCUT2D eigenvalue weighted by Gasteiger charge is -2.19. The van der Waals surface area contributed by atoms with E-state index >= 15 is 0 Å². The number of benzene rings is 3. The summed E-state index contributed by atoms with van der Waals surface area (Å²) in [4.78, 5) is 24.8. The lowest BCUT2D eigenvalue weighted by atomic mass is 10.1. The quantitative estimate of drug-likeness (QED) is 0.482. The molecule has 0 spiro atoms. The van der Waals surface area contributed by atoms with Gasteiger partial charge in [0.25, 0.3) is 15.9 Å². The van der Waals surface area contributed by atoms with Gasteiger partial charge in [0.05, 0.1) is 23.3 Å². The Morgan fingerprint density at radius 3 is 2.46 bits per heavy atom. The number of amides is 1. The molecule has 0 bridgehead atoms. The van der Waals surface area contributed by atoms with Gasteiger partial charge in [-0.3, -0.25) is 9.52 Å². The monoisotopic (exact) mass is 496 g/mol. The minimum Gasteiger partial charge on any atom is -0.486 e. The van der Waals surface area contributed by atoms with E-state index in [4.69, 9.17) is 14.2 Å². The van der Waals surface area contributed by atoms with Crippen LogP contribution < -0.4 is 19.5 Å². The Bertz CT molecular complexity index is 1390. The van der Waals surface area contributed by atoms with Crippen LogP contribution in [-0.4, -0.2) is 40.6 Å². The van der Waals surface area contributed by atoms with Crippen molar-refractivity contribution < 1.29 is 32.2 Å². The van der Waals surface area contributed by atoms with E-state index in [-0.39, 0.29) is 28.6 Å². The zero-order valence-electron chi connectivity index (χ0n) is 19.2. The molecule has 182 valence electrons. The summed E-state index contributed by atoms with van der Waals surface area (Å²) in [6.07, 6.45) is 0. The van der Waals surface area contributed by atoms with Gasteiger partial charge in [-0.2, -0.15) is 0 Å². The number of carbonyl (C=O) groups excluding carboxylic acids is 2. The average Bonchev–Trinajstić information content (AvgIpc) is 2.86. The molecule has 3 aromatic rings. The van der Waals surface area contributed by atoms with Crippen LogP contribution in [0.4, 0.5) is 5.69 Å². The van der Waals surface area contributed by atoms with E-state index in [1.54, 1.807) is 18.2 Å². The molecular formula is C25H24N2O7S. The molecule has 10 heteroatoms. The Morgan fingerprint density at radius 2 is 1.71 bits per heavy atom. The first-order chi connectivity index (χ1) is 16.8. The Hall–Kier alpha value is -4.05. The smallest absolute Gasteiger partial charge is 0.337 e. The molecule has 9 nitrogen and oxygen atoms in total. The minimum absolute atomic E-state index is 0.0281. The molecule has 0 saturated heterocycles. The third kappa shape index (κ3) is 5.55. The normalized spacial score (nSPS) is 12.5. The Labute approximate surface area is 203 Å². The van der Waals surface area contributed by atoms with Crippen molar-refractivity contribution >= 4 is 27.6 Å². The van der Waals surface area contributed by atoms with Gasteiger partial charge in [-0.15, -0.1) is 0 Å². The molecule has 35 heavy (non-hydrogen) atoms. The van der Waals surface area contributed by atoms with Gasteiger partial charge >= 0.3 is 5.97 Å². The summed E-state index contributed by atoms with van der Waals surface area (Å²) < 4.78 is 44.3. The lowest BCUT2D eigenvalue weighted by molar-refractivity contribution is 0.0600. The maximum atomic E-state index is 13.0. The number of hydrogen-bond acceptors (Lipinski definition) is 7. The number of rotatable bonds is 7. The van der Waals surface area contributed by atoms with E-state index < -0.39 is 16.0 Å². The zero-order valence-corrected chi connectivity index (χ0v) is 20.0. The molecule has 0 fully saturated rings. The average molecular weight is 497 g/mol. The molecule has 1 aliphatic heterocycles. The van der Waals surface area contributed by atoms with Crippen molar-refractivity contribution in [2.45, 2.75) is 18.4 Å². The van der Waals surface area contributed by atoms with Crippen molar-refractivity contribution in [2.75, 3.05) is 25.0 Å². The second-order valence-electron chi connectivity index (χ2n) is 7.82. The van der Waals surface area contributed by atoms with Gasteiger partial charge in [-0.05, 0) is 54.4 Å². The van der Waals surface area contributed by atoms with E-state index in [9.17, 15) is 18.0 Å². The van der Waals surface area contributed by atoms with Crippen molar-refractivity contribution in [3.8, 4) is 11.5 Å². The van der Waals surface area contributed by atoms with E-state index in [2.05, 4.69) is 10.0 Å². The molecule has 0 radical (unpaired) electrons. The van der Waals surface area contributed by atoms with Gasteiger partial charge < -0.3 is 19.5 Å². The number of esters is 1. The minimum atomic E-state index is -4.02. The van der Waals surface area contributed by atoms with Crippen molar-refractivity contribution in [3.05, 3.63) is 82.9 Å². The topological polar surface area (TPSA) is 120 Å². The van der Waals surface area contributed by atoms with Crippen LogP contribution in [0, 0.1) is 6.92 Å². The van der Waals surface area contributed by atoms with Crippen LogP contribution in [0.15, 0.2) is 65.6 Å². The second-order valence-corrected chi connectivity index (χ2v) is 9.50. The Balaban J connectivity index is 1.58. The number of sulfonamides is 1. The number of carbonyl (C=O) groups is 2. The highest BCUT2D eigenvalue weighted by Crippen LogP contribution is 2.33. The van der Waals surface area contributed by atoms with Gasteiger partial charge in [0.1, 0.15) is 13.2 Å². The van der Waals surface area contributed by atoms with Crippen LogP contribution in [-0.2, 0) is 21.3 Å². The molecule has 0 aliphatic carbocycles. The fraction of sp³-hybridized carbons (Fsp3) is 0.200. The number of nitrogens with one attached hydrogen (secondary N) is 2. The van der Waals surface area contributed by atoms with Gasteiger partial charge in [0.15, 0.2) is 11.5 Å².